The summed E-state index contributed by atoms with van der Waals surface area (Å²) in [7, 11) is 1.70. The highest BCUT2D eigenvalue weighted by atomic mass is 32.2. The van der Waals surface area contributed by atoms with E-state index in [1.807, 2.05) is 0 Å². The largest absolute Gasteiger partial charge is 0.417 e. The van der Waals surface area contributed by atoms with Crippen LogP contribution in [0, 0.1) is 0 Å². The summed E-state index contributed by atoms with van der Waals surface area (Å²) in [5.41, 5.74) is -0.504. The lowest BCUT2D eigenvalue weighted by atomic mass is 10.1. The Bertz CT molecular complexity index is 581. The van der Waals surface area contributed by atoms with Crippen LogP contribution in [0.15, 0.2) is 40.4 Å². The lowest BCUT2D eigenvalue weighted by molar-refractivity contribution is -0.139. The van der Waals surface area contributed by atoms with Crippen LogP contribution in [-0.4, -0.2) is 14.9 Å². The van der Waals surface area contributed by atoms with Gasteiger partial charge in [-0.3, -0.25) is 4.68 Å². The lowest BCUT2D eigenvalue weighted by Crippen LogP contribution is -2.07. The van der Waals surface area contributed by atoms with Gasteiger partial charge in [0.15, 0.2) is 0 Å². The minimum Gasteiger partial charge on any atom is -0.392 e. The number of aryl methyl sites for hydroxylation is 1. The Labute approximate surface area is 112 Å². The molecule has 3 nitrogen and oxygen atoms in total. The van der Waals surface area contributed by atoms with Gasteiger partial charge in [0.05, 0.1) is 23.3 Å². The van der Waals surface area contributed by atoms with Crippen molar-refractivity contribution in [1.29, 1.82) is 0 Å². The van der Waals surface area contributed by atoms with E-state index < -0.39 is 18.3 Å². The van der Waals surface area contributed by atoms with Crippen molar-refractivity contribution in [3.05, 3.63) is 41.7 Å². The SMILES string of the molecule is Cn1cc(Sc2ccc(CO)cc2C(F)(F)F)cn1. The second kappa shape index (κ2) is 5.26. The van der Waals surface area contributed by atoms with Crippen molar-refractivity contribution in [3.8, 4) is 0 Å². The van der Waals surface area contributed by atoms with Gasteiger partial charge >= 0.3 is 6.18 Å². The van der Waals surface area contributed by atoms with Gasteiger partial charge in [-0.1, -0.05) is 17.8 Å². The molecule has 0 saturated carbocycles. The van der Waals surface area contributed by atoms with Gasteiger partial charge in [-0.25, -0.2) is 0 Å². The second-order valence-electron chi connectivity index (χ2n) is 3.94. The zero-order chi connectivity index (χ0) is 14.0. The molecule has 0 saturated heterocycles. The number of nitrogens with zero attached hydrogens (tertiary/aromatic N) is 2. The van der Waals surface area contributed by atoms with Crippen molar-refractivity contribution >= 4 is 11.8 Å². The summed E-state index contributed by atoms with van der Waals surface area (Å²) in [6.07, 6.45) is -1.30. The van der Waals surface area contributed by atoms with E-state index in [0.29, 0.717) is 4.90 Å². The Morgan fingerprint density at radius 2 is 2.11 bits per heavy atom. The number of halogens is 3. The van der Waals surface area contributed by atoms with Crippen LogP contribution >= 0.6 is 11.8 Å². The van der Waals surface area contributed by atoms with E-state index in [-0.39, 0.29) is 10.5 Å². The highest BCUT2D eigenvalue weighted by molar-refractivity contribution is 7.99. The number of hydrogen-bond donors (Lipinski definition) is 1. The Hall–Kier alpha value is -1.47. The van der Waals surface area contributed by atoms with Gasteiger partial charge in [-0.05, 0) is 17.7 Å². The lowest BCUT2D eigenvalue weighted by Gasteiger charge is -2.13. The summed E-state index contributed by atoms with van der Waals surface area (Å²) < 4.78 is 40.4. The van der Waals surface area contributed by atoms with Gasteiger partial charge < -0.3 is 5.11 Å². The van der Waals surface area contributed by atoms with Gasteiger partial charge in [0, 0.05) is 18.1 Å². The number of rotatable bonds is 3. The Balaban J connectivity index is 2.39. The van der Waals surface area contributed by atoms with Crippen molar-refractivity contribution in [3.63, 3.8) is 0 Å². The van der Waals surface area contributed by atoms with E-state index in [1.165, 1.54) is 23.0 Å². The molecule has 7 heteroatoms. The van der Waals surface area contributed by atoms with E-state index in [4.69, 9.17) is 5.11 Å². The topological polar surface area (TPSA) is 38.0 Å². The number of alkyl halides is 3. The van der Waals surface area contributed by atoms with Crippen molar-refractivity contribution in [2.75, 3.05) is 0 Å². The first-order valence-electron chi connectivity index (χ1n) is 5.37. The summed E-state index contributed by atoms with van der Waals surface area (Å²) in [6.45, 7) is -0.416. The van der Waals surface area contributed by atoms with Crippen LogP contribution in [-0.2, 0) is 19.8 Å². The molecule has 1 aromatic heterocycles. The van der Waals surface area contributed by atoms with Crippen LogP contribution in [0.25, 0.3) is 0 Å². The fraction of sp³-hybridized carbons (Fsp3) is 0.250. The molecule has 0 aliphatic rings. The summed E-state index contributed by atoms with van der Waals surface area (Å²) >= 11 is 0.996. The number of benzene rings is 1. The summed E-state index contributed by atoms with van der Waals surface area (Å²) in [4.78, 5) is 0.724. The molecular weight excluding hydrogens is 277 g/mol. The number of aliphatic hydroxyl groups excluding tert-OH is 1. The number of hydrogen-bond acceptors (Lipinski definition) is 3. The minimum atomic E-state index is -4.45. The normalized spacial score (nSPS) is 11.8. The molecule has 0 fully saturated rings. The van der Waals surface area contributed by atoms with Crippen molar-refractivity contribution in [1.82, 2.24) is 9.78 Å². The fourth-order valence-electron chi connectivity index (χ4n) is 1.56. The van der Waals surface area contributed by atoms with E-state index >= 15 is 0 Å². The molecular formula is C12H11F3N2OS. The van der Waals surface area contributed by atoms with Gasteiger partial charge in [0.1, 0.15) is 0 Å². The highest BCUT2D eigenvalue weighted by Crippen LogP contribution is 2.39. The van der Waals surface area contributed by atoms with Crippen LogP contribution in [0.3, 0.4) is 0 Å². The molecule has 1 aromatic carbocycles. The first kappa shape index (κ1) is 14.0. The summed E-state index contributed by atoms with van der Waals surface area (Å²) in [5, 5.41) is 12.8. The molecule has 102 valence electrons. The van der Waals surface area contributed by atoms with Crippen LogP contribution in [0.2, 0.25) is 0 Å². The highest BCUT2D eigenvalue weighted by Gasteiger charge is 2.34. The summed E-state index contributed by atoms with van der Waals surface area (Å²) in [6, 6.07) is 3.82. The molecule has 0 aliphatic heterocycles. The molecule has 0 aliphatic carbocycles. The molecule has 1 N–H and O–H groups in total. The average molecular weight is 288 g/mol. The summed E-state index contributed by atoms with van der Waals surface area (Å²) in [5.74, 6) is 0. The second-order valence-corrected chi connectivity index (χ2v) is 5.05. The van der Waals surface area contributed by atoms with E-state index in [1.54, 1.807) is 13.2 Å². The van der Waals surface area contributed by atoms with Gasteiger partial charge in [0.25, 0.3) is 0 Å². The Kier molecular flexibility index (Phi) is 3.86. The maximum absolute atomic E-state index is 13.0. The number of aliphatic hydroxyl groups is 1. The van der Waals surface area contributed by atoms with Crippen LogP contribution in [0.4, 0.5) is 13.2 Å². The molecule has 0 radical (unpaired) electrons. The predicted octanol–water partition coefficient (Wildman–Crippen LogP) is 3.08. The van der Waals surface area contributed by atoms with Crippen molar-refractivity contribution in [2.45, 2.75) is 22.6 Å². The first-order chi connectivity index (χ1) is 8.90. The van der Waals surface area contributed by atoms with Crippen LogP contribution in [0.1, 0.15) is 11.1 Å². The monoisotopic (exact) mass is 288 g/mol. The average Bonchev–Trinajstić information content (AvgIpc) is 2.74. The number of aromatic nitrogens is 2. The maximum atomic E-state index is 13.0. The zero-order valence-corrected chi connectivity index (χ0v) is 10.8. The van der Waals surface area contributed by atoms with Gasteiger partial charge in [0.2, 0.25) is 0 Å². The minimum absolute atomic E-state index is 0.0951. The van der Waals surface area contributed by atoms with Crippen LogP contribution < -0.4 is 0 Å². The first-order valence-corrected chi connectivity index (χ1v) is 6.19. The Morgan fingerprint density at radius 3 is 2.63 bits per heavy atom. The molecule has 19 heavy (non-hydrogen) atoms. The van der Waals surface area contributed by atoms with E-state index in [2.05, 4.69) is 5.10 Å². The van der Waals surface area contributed by atoms with Crippen molar-refractivity contribution < 1.29 is 18.3 Å². The quantitative estimate of drug-likeness (QED) is 0.943. The zero-order valence-electron chi connectivity index (χ0n) is 9.98. The molecule has 2 aromatic rings. The molecule has 0 bridgehead atoms. The van der Waals surface area contributed by atoms with Gasteiger partial charge in [-0.2, -0.15) is 18.3 Å². The van der Waals surface area contributed by atoms with Crippen molar-refractivity contribution in [2.24, 2.45) is 7.05 Å². The molecule has 0 unspecified atom stereocenters. The van der Waals surface area contributed by atoms with Gasteiger partial charge in [-0.15, -0.1) is 0 Å². The van der Waals surface area contributed by atoms with E-state index in [9.17, 15) is 13.2 Å². The maximum Gasteiger partial charge on any atom is 0.417 e. The third-order valence-corrected chi connectivity index (χ3v) is 3.46. The third kappa shape index (κ3) is 3.30. The predicted molar refractivity (Wildman–Crippen MR) is 64.7 cm³/mol. The molecule has 0 amide bonds. The molecule has 1 heterocycles. The van der Waals surface area contributed by atoms with Crippen LogP contribution in [0.5, 0.6) is 0 Å². The molecule has 0 atom stereocenters. The third-order valence-electron chi connectivity index (χ3n) is 2.44. The smallest absolute Gasteiger partial charge is 0.392 e. The molecule has 2 rings (SSSR count). The Morgan fingerprint density at radius 1 is 1.37 bits per heavy atom. The molecule has 0 spiro atoms. The van der Waals surface area contributed by atoms with E-state index in [0.717, 1.165) is 17.8 Å². The standard InChI is InChI=1S/C12H11F3N2OS/c1-17-6-9(5-16-17)19-11-3-2-8(7-18)4-10(11)12(13,14)15/h2-6,18H,7H2,1H3. The fourth-order valence-corrected chi connectivity index (χ4v) is 2.54.